The second kappa shape index (κ2) is 7.29. The van der Waals surface area contributed by atoms with Crippen molar-refractivity contribution in [1.29, 1.82) is 0 Å². The Hall–Kier alpha value is -2.64. The van der Waals surface area contributed by atoms with E-state index in [1.807, 2.05) is 0 Å². The van der Waals surface area contributed by atoms with Crippen molar-refractivity contribution in [2.75, 3.05) is 10.6 Å². The lowest BCUT2D eigenvalue weighted by atomic mass is 10.2. The number of non-ortho nitro benzene ring substituents is 1. The SMILES string of the molecule is CC(=O)Nc1ccc(C(=O)Nc2c(Cl)cc([N+](=O)[O-])cc2Cl)cc1. The number of nitro groups is 1. The molecule has 0 heterocycles. The number of hydrogen-bond acceptors (Lipinski definition) is 4. The summed E-state index contributed by atoms with van der Waals surface area (Å²) in [5, 5.41) is 15.7. The summed E-state index contributed by atoms with van der Waals surface area (Å²) in [6.07, 6.45) is 0. The summed E-state index contributed by atoms with van der Waals surface area (Å²) in [6.45, 7) is 1.37. The minimum Gasteiger partial charge on any atom is -0.326 e. The number of halogens is 2. The standard InChI is InChI=1S/C15H11Cl2N3O4/c1-8(21)18-10-4-2-9(3-5-10)15(22)19-14-12(16)6-11(20(23)24)7-13(14)17/h2-7H,1H3,(H,18,21)(H,19,22). The Morgan fingerprint density at radius 2 is 1.58 bits per heavy atom. The first kappa shape index (κ1) is 17.7. The van der Waals surface area contributed by atoms with E-state index < -0.39 is 10.8 Å². The van der Waals surface area contributed by atoms with Gasteiger partial charge in [-0.15, -0.1) is 0 Å². The van der Waals surface area contributed by atoms with Crippen LogP contribution in [0.25, 0.3) is 0 Å². The van der Waals surface area contributed by atoms with Gasteiger partial charge in [0.05, 0.1) is 20.7 Å². The van der Waals surface area contributed by atoms with E-state index in [0.29, 0.717) is 11.3 Å². The highest BCUT2D eigenvalue weighted by atomic mass is 35.5. The van der Waals surface area contributed by atoms with Crippen molar-refractivity contribution in [2.45, 2.75) is 6.92 Å². The van der Waals surface area contributed by atoms with Gasteiger partial charge in [-0.2, -0.15) is 0 Å². The molecule has 0 unspecified atom stereocenters. The van der Waals surface area contributed by atoms with Gasteiger partial charge in [-0.3, -0.25) is 19.7 Å². The minimum atomic E-state index is -0.635. The monoisotopic (exact) mass is 367 g/mol. The normalized spacial score (nSPS) is 10.1. The summed E-state index contributed by atoms with van der Waals surface area (Å²) in [6, 6.07) is 8.35. The molecule has 7 nitrogen and oxygen atoms in total. The Morgan fingerprint density at radius 1 is 1.04 bits per heavy atom. The average Bonchev–Trinajstić information content (AvgIpc) is 2.50. The van der Waals surface area contributed by atoms with Gasteiger partial charge in [-0.25, -0.2) is 0 Å². The maximum absolute atomic E-state index is 12.2. The number of nitro benzene ring substituents is 1. The largest absolute Gasteiger partial charge is 0.326 e. The number of amides is 2. The van der Waals surface area contributed by atoms with Crippen LogP contribution in [0.3, 0.4) is 0 Å². The Kier molecular flexibility index (Phi) is 5.38. The van der Waals surface area contributed by atoms with Crippen molar-refractivity contribution < 1.29 is 14.5 Å². The molecule has 2 amide bonds. The molecular weight excluding hydrogens is 357 g/mol. The molecule has 0 spiro atoms. The molecule has 2 aromatic carbocycles. The highest BCUT2D eigenvalue weighted by Crippen LogP contribution is 2.34. The number of nitrogens with one attached hydrogen (secondary N) is 2. The second-order valence-corrected chi connectivity index (χ2v) is 5.57. The zero-order valence-corrected chi connectivity index (χ0v) is 13.8. The predicted octanol–water partition coefficient (Wildman–Crippen LogP) is 4.11. The number of hydrogen-bond donors (Lipinski definition) is 2. The topological polar surface area (TPSA) is 101 Å². The van der Waals surface area contributed by atoms with Crippen LogP contribution in [0.15, 0.2) is 36.4 Å². The molecule has 9 heteroatoms. The summed E-state index contributed by atoms with van der Waals surface area (Å²) >= 11 is 11.9. The number of benzene rings is 2. The zero-order valence-electron chi connectivity index (χ0n) is 12.3. The van der Waals surface area contributed by atoms with E-state index in [0.717, 1.165) is 12.1 Å². The van der Waals surface area contributed by atoms with Crippen molar-refractivity contribution in [3.05, 3.63) is 62.1 Å². The van der Waals surface area contributed by atoms with E-state index >= 15 is 0 Å². The second-order valence-electron chi connectivity index (χ2n) is 4.75. The lowest BCUT2D eigenvalue weighted by Crippen LogP contribution is -2.13. The fraction of sp³-hybridized carbons (Fsp3) is 0.0667. The average molecular weight is 368 g/mol. The molecule has 2 N–H and O–H groups in total. The number of carbonyl (C=O) groups is 2. The fourth-order valence-electron chi connectivity index (χ4n) is 1.88. The van der Waals surface area contributed by atoms with Crippen molar-refractivity contribution in [2.24, 2.45) is 0 Å². The van der Waals surface area contributed by atoms with Gasteiger partial charge in [0, 0.05) is 30.3 Å². The van der Waals surface area contributed by atoms with Gasteiger partial charge in [0.15, 0.2) is 0 Å². The molecular formula is C15H11Cl2N3O4. The number of nitrogens with zero attached hydrogens (tertiary/aromatic N) is 1. The number of rotatable bonds is 4. The third kappa shape index (κ3) is 4.21. The molecule has 24 heavy (non-hydrogen) atoms. The van der Waals surface area contributed by atoms with E-state index in [4.69, 9.17) is 23.2 Å². The van der Waals surface area contributed by atoms with Crippen LogP contribution in [0.5, 0.6) is 0 Å². The van der Waals surface area contributed by atoms with Crippen molar-refractivity contribution in [3.63, 3.8) is 0 Å². The van der Waals surface area contributed by atoms with E-state index in [1.54, 1.807) is 12.1 Å². The quantitative estimate of drug-likeness (QED) is 0.626. The van der Waals surface area contributed by atoms with Gasteiger partial charge in [-0.05, 0) is 24.3 Å². The molecule has 0 saturated heterocycles. The smallest absolute Gasteiger partial charge is 0.272 e. The van der Waals surface area contributed by atoms with Crippen LogP contribution in [0.1, 0.15) is 17.3 Å². The maximum Gasteiger partial charge on any atom is 0.272 e. The Balaban J connectivity index is 2.20. The van der Waals surface area contributed by atoms with Crippen LogP contribution in [-0.4, -0.2) is 16.7 Å². The van der Waals surface area contributed by atoms with Gasteiger partial charge < -0.3 is 10.6 Å². The lowest BCUT2D eigenvalue weighted by molar-refractivity contribution is -0.384. The highest BCUT2D eigenvalue weighted by Gasteiger charge is 2.17. The summed E-state index contributed by atoms with van der Waals surface area (Å²) in [5.74, 6) is -0.723. The first-order valence-electron chi connectivity index (χ1n) is 6.60. The summed E-state index contributed by atoms with van der Waals surface area (Å²) in [7, 11) is 0. The van der Waals surface area contributed by atoms with E-state index in [-0.39, 0.29) is 27.3 Å². The first-order valence-corrected chi connectivity index (χ1v) is 7.36. The Morgan fingerprint density at radius 3 is 2.04 bits per heavy atom. The molecule has 2 aromatic rings. The number of carbonyl (C=O) groups excluding carboxylic acids is 2. The lowest BCUT2D eigenvalue weighted by Gasteiger charge is -2.10. The Bertz CT molecular complexity index is 799. The van der Waals surface area contributed by atoms with Crippen LogP contribution in [0.2, 0.25) is 10.0 Å². The minimum absolute atomic E-state index is 0.0441. The first-order chi connectivity index (χ1) is 11.3. The van der Waals surface area contributed by atoms with Gasteiger partial charge in [-0.1, -0.05) is 23.2 Å². The van der Waals surface area contributed by atoms with Crippen LogP contribution in [0, 0.1) is 10.1 Å². The van der Waals surface area contributed by atoms with Gasteiger partial charge in [0.25, 0.3) is 11.6 Å². The van der Waals surface area contributed by atoms with Crippen LogP contribution < -0.4 is 10.6 Å². The molecule has 0 atom stereocenters. The predicted molar refractivity (Wildman–Crippen MR) is 91.8 cm³/mol. The molecule has 0 radical (unpaired) electrons. The summed E-state index contributed by atoms with van der Waals surface area (Å²) in [4.78, 5) is 33.3. The molecule has 124 valence electrons. The molecule has 2 rings (SSSR count). The number of anilines is 2. The van der Waals surface area contributed by atoms with Gasteiger partial charge in [0.2, 0.25) is 5.91 Å². The fourth-order valence-corrected chi connectivity index (χ4v) is 2.45. The summed E-state index contributed by atoms with van der Waals surface area (Å²) < 4.78 is 0. The molecule has 0 aliphatic heterocycles. The van der Waals surface area contributed by atoms with E-state index in [1.165, 1.54) is 19.1 Å². The maximum atomic E-state index is 12.2. The third-order valence-electron chi connectivity index (χ3n) is 2.94. The molecule has 0 aliphatic rings. The Labute approximate surface area is 146 Å². The highest BCUT2D eigenvalue weighted by molar-refractivity contribution is 6.40. The summed E-state index contributed by atoms with van der Waals surface area (Å²) in [5.41, 5.74) is 0.655. The third-order valence-corrected chi connectivity index (χ3v) is 3.54. The van der Waals surface area contributed by atoms with Crippen molar-refractivity contribution in [3.8, 4) is 0 Å². The van der Waals surface area contributed by atoms with Crippen molar-refractivity contribution in [1.82, 2.24) is 0 Å². The van der Waals surface area contributed by atoms with Crippen LogP contribution in [-0.2, 0) is 4.79 Å². The van der Waals surface area contributed by atoms with E-state index in [2.05, 4.69) is 10.6 Å². The van der Waals surface area contributed by atoms with Crippen LogP contribution >= 0.6 is 23.2 Å². The van der Waals surface area contributed by atoms with E-state index in [9.17, 15) is 19.7 Å². The van der Waals surface area contributed by atoms with Crippen LogP contribution in [0.4, 0.5) is 17.1 Å². The molecule has 0 aromatic heterocycles. The molecule has 0 saturated carbocycles. The molecule has 0 aliphatic carbocycles. The van der Waals surface area contributed by atoms with Gasteiger partial charge in [0.1, 0.15) is 0 Å². The van der Waals surface area contributed by atoms with Crippen molar-refractivity contribution >= 4 is 52.1 Å². The van der Waals surface area contributed by atoms with Gasteiger partial charge >= 0.3 is 0 Å². The molecule has 0 fully saturated rings. The molecule has 0 bridgehead atoms. The zero-order chi connectivity index (χ0) is 17.9.